The lowest BCUT2D eigenvalue weighted by atomic mass is 9.83. The minimum absolute atomic E-state index is 0.00632. The first-order valence-corrected chi connectivity index (χ1v) is 9.51. The van der Waals surface area contributed by atoms with Crippen LogP contribution in [-0.2, 0) is 19.1 Å². The Labute approximate surface area is 164 Å². The quantitative estimate of drug-likeness (QED) is 0.727. The summed E-state index contributed by atoms with van der Waals surface area (Å²) in [5.74, 6) is -2.02. The third-order valence-corrected chi connectivity index (χ3v) is 4.91. The number of rotatable bonds is 7. The van der Waals surface area contributed by atoms with E-state index in [9.17, 15) is 18.8 Å². The lowest BCUT2D eigenvalue weighted by molar-refractivity contribution is -0.141. The van der Waals surface area contributed by atoms with E-state index in [2.05, 4.69) is 5.32 Å². The molecule has 0 radical (unpaired) electrons. The van der Waals surface area contributed by atoms with Crippen LogP contribution in [-0.4, -0.2) is 41.9 Å². The molecule has 0 saturated carbocycles. The number of halogens is 1. The van der Waals surface area contributed by atoms with Gasteiger partial charge in [-0.1, -0.05) is 19.1 Å². The van der Waals surface area contributed by atoms with Gasteiger partial charge in [-0.3, -0.25) is 9.59 Å². The molecule has 6 nitrogen and oxygen atoms in total. The lowest BCUT2D eigenvalue weighted by Gasteiger charge is -2.34. The normalized spacial score (nSPS) is 18.1. The molecule has 1 heterocycles. The maximum Gasteiger partial charge on any atom is 0.336 e. The number of carbonyl (C=O) groups is 3. The molecule has 0 aliphatic carbocycles. The molecule has 0 unspecified atom stereocenters. The van der Waals surface area contributed by atoms with E-state index in [0.29, 0.717) is 16.8 Å². The van der Waals surface area contributed by atoms with Gasteiger partial charge in [-0.15, -0.1) is 0 Å². The molecular weight excluding hydrogens is 363 g/mol. The Balaban J connectivity index is 2.39. The van der Waals surface area contributed by atoms with Crippen LogP contribution in [0.4, 0.5) is 4.39 Å². The van der Waals surface area contributed by atoms with Crippen LogP contribution in [0.15, 0.2) is 35.5 Å². The molecule has 1 N–H and O–H groups in total. The summed E-state index contributed by atoms with van der Waals surface area (Å²) in [6.45, 7) is 7.20. The van der Waals surface area contributed by atoms with Crippen molar-refractivity contribution < 1.29 is 23.5 Å². The van der Waals surface area contributed by atoms with Gasteiger partial charge in [0.15, 0.2) is 0 Å². The zero-order valence-electron chi connectivity index (χ0n) is 16.8. The van der Waals surface area contributed by atoms with Crippen molar-refractivity contribution in [2.75, 3.05) is 13.2 Å². The molecule has 1 aliphatic heterocycles. The summed E-state index contributed by atoms with van der Waals surface area (Å²) in [6, 6.07) is 5.71. The minimum Gasteiger partial charge on any atom is -0.463 e. The number of benzene rings is 1. The molecule has 0 spiro atoms. The first-order chi connectivity index (χ1) is 13.3. The van der Waals surface area contributed by atoms with E-state index < -0.39 is 17.7 Å². The molecule has 0 saturated heterocycles. The molecule has 0 aromatic heterocycles. The maximum atomic E-state index is 13.3. The number of hydrogen-bond acceptors (Lipinski definition) is 4. The fraction of sp³-hybridized carbons (Fsp3) is 0.476. The molecular formula is C21H27FN2O4. The number of nitrogens with one attached hydrogen (secondary N) is 1. The number of allylic oxidation sites excluding steroid dienone is 1. The smallest absolute Gasteiger partial charge is 0.336 e. The van der Waals surface area contributed by atoms with E-state index in [-0.39, 0.29) is 37.4 Å². The zero-order valence-corrected chi connectivity index (χ0v) is 16.8. The van der Waals surface area contributed by atoms with Crippen LogP contribution >= 0.6 is 0 Å². The van der Waals surface area contributed by atoms with Gasteiger partial charge in [0.05, 0.1) is 12.2 Å². The third kappa shape index (κ3) is 4.97. The van der Waals surface area contributed by atoms with Gasteiger partial charge in [-0.2, -0.15) is 0 Å². The van der Waals surface area contributed by atoms with Gasteiger partial charge >= 0.3 is 5.97 Å². The average Bonchev–Trinajstić information content (AvgIpc) is 2.65. The van der Waals surface area contributed by atoms with Gasteiger partial charge in [0.2, 0.25) is 11.8 Å². The molecule has 2 atom stereocenters. The van der Waals surface area contributed by atoms with Crippen molar-refractivity contribution >= 4 is 17.8 Å². The Morgan fingerprint density at radius 1 is 1.29 bits per heavy atom. The fourth-order valence-electron chi connectivity index (χ4n) is 3.22. The minimum atomic E-state index is -0.541. The highest BCUT2D eigenvalue weighted by Crippen LogP contribution is 2.37. The Morgan fingerprint density at radius 2 is 1.93 bits per heavy atom. The van der Waals surface area contributed by atoms with Gasteiger partial charge in [0.25, 0.3) is 0 Å². The number of amides is 2. The van der Waals surface area contributed by atoms with Crippen LogP contribution in [0.5, 0.6) is 0 Å². The van der Waals surface area contributed by atoms with Gasteiger partial charge < -0.3 is 15.0 Å². The second kappa shape index (κ2) is 9.48. The summed E-state index contributed by atoms with van der Waals surface area (Å²) < 4.78 is 18.5. The standard InChI is InChI=1S/C21H27FN2O4/c1-5-13(3)23-18(25)12-24-14(4)20(21(27)28-6-2)17(11-19(24)26)15-7-9-16(22)10-8-15/h7-10,13,17H,5-6,11-12H2,1-4H3,(H,23,25)/t13-,17+/m1/s1. The fourth-order valence-corrected chi connectivity index (χ4v) is 3.22. The van der Waals surface area contributed by atoms with E-state index in [1.807, 2.05) is 13.8 Å². The largest absolute Gasteiger partial charge is 0.463 e. The Hall–Kier alpha value is -2.70. The van der Waals surface area contributed by atoms with Crippen LogP contribution in [0.1, 0.15) is 52.0 Å². The van der Waals surface area contributed by atoms with Crippen molar-refractivity contribution in [1.29, 1.82) is 0 Å². The molecule has 0 fully saturated rings. The molecule has 1 aromatic carbocycles. The van der Waals surface area contributed by atoms with Crippen LogP contribution in [0.3, 0.4) is 0 Å². The highest BCUT2D eigenvalue weighted by molar-refractivity contribution is 5.97. The van der Waals surface area contributed by atoms with E-state index in [1.54, 1.807) is 26.0 Å². The second-order valence-corrected chi connectivity index (χ2v) is 6.88. The average molecular weight is 390 g/mol. The summed E-state index contributed by atoms with van der Waals surface area (Å²) in [5.41, 5.74) is 1.37. The maximum absolute atomic E-state index is 13.3. The van der Waals surface area contributed by atoms with Gasteiger partial charge in [0.1, 0.15) is 12.4 Å². The number of nitrogens with zero attached hydrogens (tertiary/aromatic N) is 1. The molecule has 28 heavy (non-hydrogen) atoms. The van der Waals surface area contributed by atoms with Gasteiger partial charge in [-0.25, -0.2) is 9.18 Å². The third-order valence-electron chi connectivity index (χ3n) is 4.91. The van der Waals surface area contributed by atoms with E-state index in [4.69, 9.17) is 4.74 Å². The number of carbonyl (C=O) groups excluding carboxylic acids is 3. The highest BCUT2D eigenvalue weighted by Gasteiger charge is 2.37. The Kier molecular flexibility index (Phi) is 7.31. The Bertz CT molecular complexity index is 773. The molecule has 1 aromatic rings. The van der Waals surface area contributed by atoms with Crippen LogP contribution in [0, 0.1) is 5.82 Å². The number of hydrogen-bond donors (Lipinski definition) is 1. The topological polar surface area (TPSA) is 75.7 Å². The van der Waals surface area contributed by atoms with Crippen molar-refractivity contribution in [2.45, 2.75) is 52.5 Å². The zero-order chi connectivity index (χ0) is 20.8. The first-order valence-electron chi connectivity index (χ1n) is 9.51. The van der Waals surface area contributed by atoms with Crippen molar-refractivity contribution in [3.8, 4) is 0 Å². The van der Waals surface area contributed by atoms with Gasteiger partial charge in [0, 0.05) is 24.1 Å². The molecule has 7 heteroatoms. The predicted molar refractivity (Wildman–Crippen MR) is 103 cm³/mol. The van der Waals surface area contributed by atoms with Crippen LogP contribution in [0.25, 0.3) is 0 Å². The first kappa shape index (κ1) is 21.6. The predicted octanol–water partition coefficient (Wildman–Crippen LogP) is 2.89. The highest BCUT2D eigenvalue weighted by atomic mass is 19.1. The molecule has 152 valence electrons. The van der Waals surface area contributed by atoms with Crippen molar-refractivity contribution in [3.63, 3.8) is 0 Å². The van der Waals surface area contributed by atoms with Gasteiger partial charge in [-0.05, 0) is 44.9 Å². The van der Waals surface area contributed by atoms with Crippen LogP contribution in [0.2, 0.25) is 0 Å². The summed E-state index contributed by atoms with van der Waals surface area (Å²) >= 11 is 0. The Morgan fingerprint density at radius 3 is 2.50 bits per heavy atom. The number of esters is 1. The van der Waals surface area contributed by atoms with E-state index in [0.717, 1.165) is 6.42 Å². The van der Waals surface area contributed by atoms with Crippen LogP contribution < -0.4 is 5.32 Å². The van der Waals surface area contributed by atoms with E-state index >= 15 is 0 Å². The monoisotopic (exact) mass is 390 g/mol. The molecule has 2 rings (SSSR count). The lowest BCUT2D eigenvalue weighted by Crippen LogP contribution is -2.45. The van der Waals surface area contributed by atoms with Crippen molar-refractivity contribution in [2.24, 2.45) is 0 Å². The summed E-state index contributed by atoms with van der Waals surface area (Å²) in [7, 11) is 0. The van der Waals surface area contributed by atoms with Crippen molar-refractivity contribution in [3.05, 3.63) is 46.9 Å². The second-order valence-electron chi connectivity index (χ2n) is 6.88. The molecule has 0 bridgehead atoms. The molecule has 2 amide bonds. The van der Waals surface area contributed by atoms with E-state index in [1.165, 1.54) is 17.0 Å². The SMILES string of the molecule is CCOC(=O)C1=C(C)N(CC(=O)N[C@H](C)CC)C(=O)C[C@H]1c1ccc(F)cc1. The summed E-state index contributed by atoms with van der Waals surface area (Å²) in [6.07, 6.45) is 0.781. The number of ether oxygens (including phenoxy) is 1. The molecule has 1 aliphatic rings. The summed E-state index contributed by atoms with van der Waals surface area (Å²) in [4.78, 5) is 39.0. The summed E-state index contributed by atoms with van der Waals surface area (Å²) in [5, 5.41) is 2.82. The van der Waals surface area contributed by atoms with Crippen molar-refractivity contribution in [1.82, 2.24) is 10.2 Å².